The van der Waals surface area contributed by atoms with Gasteiger partial charge in [0.15, 0.2) is 0 Å². The number of unbranched alkanes of at least 4 members (excludes halogenated alkanes) is 2. The van der Waals surface area contributed by atoms with Crippen molar-refractivity contribution in [2.24, 2.45) is 5.41 Å². The SMILES string of the molecule is Cc1ncsc1-c1ccc([C@H](C)NC(=O)[C@@H]2C[C@@H](O)CN2C(=O)[C@@H](NC(=O)CCCCCNC(=O)c2ccccn2)C(C)(C)C)cc1. The summed E-state index contributed by atoms with van der Waals surface area (Å²) in [4.78, 5) is 63.3. The molecule has 1 aliphatic heterocycles. The van der Waals surface area contributed by atoms with Gasteiger partial charge < -0.3 is 26.0 Å². The van der Waals surface area contributed by atoms with Crippen molar-refractivity contribution in [3.8, 4) is 10.4 Å². The predicted octanol–water partition coefficient (Wildman–Crippen LogP) is 4.17. The molecule has 0 aliphatic carbocycles. The van der Waals surface area contributed by atoms with Crippen LogP contribution in [0.4, 0.5) is 0 Å². The second kappa shape index (κ2) is 16.1. The summed E-state index contributed by atoms with van der Waals surface area (Å²) < 4.78 is 0. The van der Waals surface area contributed by atoms with E-state index in [4.69, 9.17) is 0 Å². The Morgan fingerprint density at radius 1 is 1.02 bits per heavy atom. The van der Waals surface area contributed by atoms with Gasteiger partial charge in [0.05, 0.1) is 28.2 Å². The van der Waals surface area contributed by atoms with Crippen LogP contribution in [-0.4, -0.2) is 74.9 Å². The van der Waals surface area contributed by atoms with E-state index in [1.807, 2.05) is 64.4 Å². The molecule has 47 heavy (non-hydrogen) atoms. The third kappa shape index (κ3) is 9.68. The third-order valence-electron chi connectivity index (χ3n) is 8.32. The van der Waals surface area contributed by atoms with Gasteiger partial charge in [-0.15, -0.1) is 11.3 Å². The molecule has 0 bridgehead atoms. The topological polar surface area (TPSA) is 154 Å². The summed E-state index contributed by atoms with van der Waals surface area (Å²) in [5.74, 6) is -1.24. The van der Waals surface area contributed by atoms with Gasteiger partial charge >= 0.3 is 0 Å². The van der Waals surface area contributed by atoms with Crippen molar-refractivity contribution < 1.29 is 24.3 Å². The van der Waals surface area contributed by atoms with Crippen LogP contribution in [0.5, 0.6) is 0 Å². The van der Waals surface area contributed by atoms with Crippen LogP contribution in [-0.2, 0) is 14.4 Å². The number of likely N-dealkylation sites (tertiary alicyclic amines) is 1. The van der Waals surface area contributed by atoms with Crippen LogP contribution in [0.3, 0.4) is 0 Å². The van der Waals surface area contributed by atoms with Crippen molar-refractivity contribution in [1.29, 1.82) is 0 Å². The zero-order valence-electron chi connectivity index (χ0n) is 27.8. The number of carbonyl (C=O) groups is 4. The van der Waals surface area contributed by atoms with Gasteiger partial charge in [0.1, 0.15) is 17.8 Å². The van der Waals surface area contributed by atoms with E-state index in [-0.39, 0.29) is 43.1 Å². The molecular weight excluding hydrogens is 616 g/mol. The molecular formula is C35H46N6O5S. The molecule has 0 radical (unpaired) electrons. The molecule has 4 atom stereocenters. The maximum atomic E-state index is 13.9. The van der Waals surface area contributed by atoms with Crippen molar-refractivity contribution >= 4 is 35.0 Å². The molecule has 1 aliphatic rings. The Morgan fingerprint density at radius 2 is 1.77 bits per heavy atom. The van der Waals surface area contributed by atoms with Gasteiger partial charge in [-0.05, 0) is 55.4 Å². The maximum absolute atomic E-state index is 13.9. The number of aliphatic hydroxyl groups is 1. The minimum atomic E-state index is -0.881. The average Bonchev–Trinajstić information content (AvgIpc) is 3.66. The van der Waals surface area contributed by atoms with Crippen LogP contribution in [0.1, 0.15) is 87.6 Å². The Labute approximate surface area is 280 Å². The number of carbonyl (C=O) groups excluding carboxylic acids is 4. The molecule has 4 rings (SSSR count). The quantitative estimate of drug-likeness (QED) is 0.200. The summed E-state index contributed by atoms with van der Waals surface area (Å²) in [5.41, 5.74) is 4.48. The fourth-order valence-corrected chi connectivity index (χ4v) is 6.44. The molecule has 0 saturated carbocycles. The number of amides is 4. The fourth-order valence-electron chi connectivity index (χ4n) is 5.63. The summed E-state index contributed by atoms with van der Waals surface area (Å²) in [6.45, 7) is 9.93. The van der Waals surface area contributed by atoms with Gasteiger partial charge in [0, 0.05) is 32.1 Å². The highest BCUT2D eigenvalue weighted by Crippen LogP contribution is 2.29. The van der Waals surface area contributed by atoms with Gasteiger partial charge in [-0.3, -0.25) is 24.2 Å². The van der Waals surface area contributed by atoms with E-state index >= 15 is 0 Å². The van der Waals surface area contributed by atoms with Crippen LogP contribution in [0.15, 0.2) is 54.2 Å². The van der Waals surface area contributed by atoms with Crippen LogP contribution in [0, 0.1) is 12.3 Å². The second-order valence-corrected chi connectivity index (χ2v) is 14.0. The molecule has 1 saturated heterocycles. The van der Waals surface area contributed by atoms with Crippen molar-refractivity contribution in [2.45, 2.75) is 91.0 Å². The summed E-state index contributed by atoms with van der Waals surface area (Å²) in [5, 5.41) is 19.3. The zero-order valence-corrected chi connectivity index (χ0v) is 28.6. The van der Waals surface area contributed by atoms with Crippen molar-refractivity contribution in [3.05, 3.63) is 71.1 Å². The first-order valence-electron chi connectivity index (χ1n) is 16.1. The minimum absolute atomic E-state index is 0.0148. The van der Waals surface area contributed by atoms with Crippen LogP contribution in [0.25, 0.3) is 10.4 Å². The monoisotopic (exact) mass is 662 g/mol. The Morgan fingerprint density at radius 3 is 2.40 bits per heavy atom. The summed E-state index contributed by atoms with van der Waals surface area (Å²) in [6.07, 6.45) is 3.07. The number of thiazole rings is 1. The highest BCUT2D eigenvalue weighted by atomic mass is 32.1. The number of aromatic nitrogens is 2. The number of benzene rings is 1. The van der Waals surface area contributed by atoms with Crippen molar-refractivity contribution in [2.75, 3.05) is 13.1 Å². The lowest BCUT2D eigenvalue weighted by molar-refractivity contribution is -0.144. The number of aliphatic hydroxyl groups excluding tert-OH is 1. The minimum Gasteiger partial charge on any atom is -0.391 e. The van der Waals surface area contributed by atoms with E-state index in [0.29, 0.717) is 25.1 Å². The zero-order chi connectivity index (χ0) is 34.1. The van der Waals surface area contributed by atoms with Crippen molar-refractivity contribution in [1.82, 2.24) is 30.8 Å². The largest absolute Gasteiger partial charge is 0.391 e. The molecule has 0 spiro atoms. The Balaban J connectivity index is 1.29. The summed E-state index contributed by atoms with van der Waals surface area (Å²) in [6, 6.07) is 11.0. The first kappa shape index (κ1) is 35.7. The van der Waals surface area contributed by atoms with Crippen LogP contribution >= 0.6 is 11.3 Å². The highest BCUT2D eigenvalue weighted by molar-refractivity contribution is 7.13. The first-order chi connectivity index (χ1) is 22.3. The number of nitrogens with zero attached hydrogens (tertiary/aromatic N) is 3. The van der Waals surface area contributed by atoms with Gasteiger partial charge in [0.25, 0.3) is 5.91 Å². The highest BCUT2D eigenvalue weighted by Gasteiger charge is 2.44. The van der Waals surface area contributed by atoms with E-state index in [2.05, 4.69) is 25.9 Å². The Hall–Kier alpha value is -4.16. The first-order valence-corrected chi connectivity index (χ1v) is 17.0. The standard InChI is InChI=1S/C35H46N6O5S/c1-22(24-13-15-25(16-14-24)30-23(2)38-21-47-30)39-33(45)28-19-26(42)20-41(28)34(46)31(35(3,4)5)40-29(43)12-7-6-9-18-37-32(44)27-11-8-10-17-36-27/h8,10-11,13-17,21-22,26,28,31,42H,6-7,9,12,18-20H2,1-5H3,(H,37,44)(H,39,45)(H,40,43)/t22-,26+,28-,31+/m0/s1. The second-order valence-electron chi connectivity index (χ2n) is 13.2. The number of pyridine rings is 1. The normalized spacial score (nSPS) is 17.5. The van der Waals surface area contributed by atoms with E-state index in [0.717, 1.165) is 28.1 Å². The third-order valence-corrected chi connectivity index (χ3v) is 9.30. The van der Waals surface area contributed by atoms with E-state index in [1.54, 1.807) is 35.7 Å². The number of nitrogens with one attached hydrogen (secondary N) is 3. The van der Waals surface area contributed by atoms with Crippen LogP contribution < -0.4 is 16.0 Å². The Kier molecular flexibility index (Phi) is 12.2. The number of hydrogen-bond donors (Lipinski definition) is 4. The molecule has 1 aromatic carbocycles. The number of hydrogen-bond acceptors (Lipinski definition) is 8. The molecule has 11 nitrogen and oxygen atoms in total. The summed E-state index contributed by atoms with van der Waals surface area (Å²) in [7, 11) is 0. The summed E-state index contributed by atoms with van der Waals surface area (Å²) >= 11 is 1.58. The van der Waals surface area contributed by atoms with Gasteiger partial charge in [0.2, 0.25) is 17.7 Å². The van der Waals surface area contributed by atoms with Gasteiger partial charge in [-0.2, -0.15) is 0 Å². The maximum Gasteiger partial charge on any atom is 0.269 e. The molecule has 4 N–H and O–H groups in total. The molecule has 4 amide bonds. The Bertz CT molecular complexity index is 1520. The lowest BCUT2D eigenvalue weighted by atomic mass is 9.85. The molecule has 3 aromatic rings. The van der Waals surface area contributed by atoms with E-state index in [9.17, 15) is 24.3 Å². The van der Waals surface area contributed by atoms with E-state index < -0.39 is 29.5 Å². The smallest absolute Gasteiger partial charge is 0.269 e. The average molecular weight is 663 g/mol. The molecule has 2 aromatic heterocycles. The number of aryl methyl sites for hydroxylation is 1. The molecule has 3 heterocycles. The lowest BCUT2D eigenvalue weighted by Gasteiger charge is -2.35. The molecule has 0 unspecified atom stereocenters. The predicted molar refractivity (Wildman–Crippen MR) is 181 cm³/mol. The molecule has 12 heteroatoms. The fraction of sp³-hybridized carbons (Fsp3) is 0.486. The van der Waals surface area contributed by atoms with Crippen molar-refractivity contribution in [3.63, 3.8) is 0 Å². The number of β-amino-alcohol motifs (C(OH)–C–C–N with tert-alkyl or cyclic N) is 1. The lowest BCUT2D eigenvalue weighted by Crippen LogP contribution is -2.57. The van der Waals surface area contributed by atoms with Gasteiger partial charge in [-0.1, -0.05) is 57.5 Å². The number of rotatable bonds is 13. The van der Waals surface area contributed by atoms with E-state index in [1.165, 1.54) is 4.90 Å². The van der Waals surface area contributed by atoms with Crippen LogP contribution in [0.2, 0.25) is 0 Å². The molecule has 252 valence electrons. The molecule has 1 fully saturated rings. The van der Waals surface area contributed by atoms with Gasteiger partial charge in [-0.25, -0.2) is 4.98 Å².